The summed E-state index contributed by atoms with van der Waals surface area (Å²) in [5, 5.41) is 42.3. The molecule has 21 heterocycles. The van der Waals surface area contributed by atoms with Crippen LogP contribution in [0.4, 0.5) is 0 Å². The van der Waals surface area contributed by atoms with Gasteiger partial charge in [0.15, 0.2) is 0 Å². The molecule has 5 fully saturated rings. The predicted molar refractivity (Wildman–Crippen MR) is 516 cm³/mol. The van der Waals surface area contributed by atoms with Crippen molar-refractivity contribution in [2.24, 2.45) is 11.5 Å². The zero-order valence-corrected chi connectivity index (χ0v) is 76.8. The minimum Gasteiger partial charge on any atom is -0.399 e. The second-order valence-electron chi connectivity index (χ2n) is 37.8. The van der Waals surface area contributed by atoms with Crippen LogP contribution in [0.1, 0.15) is 256 Å². The second kappa shape index (κ2) is 34.3. The van der Waals surface area contributed by atoms with Crippen LogP contribution in [0, 0.1) is 50.4 Å². The van der Waals surface area contributed by atoms with E-state index < -0.39 is 18.9 Å². The zero-order valence-electron chi connectivity index (χ0n) is 75.2. The number of aryl methyl sites for hydroxylation is 4. The highest BCUT2D eigenvalue weighted by Crippen LogP contribution is 2.56. The van der Waals surface area contributed by atoms with Gasteiger partial charge in [-0.2, -0.15) is 30.9 Å². The average molecular weight is 1810 g/mol. The molecule has 29 rings (SSSR count). The molecule has 1 saturated heterocycles. The summed E-state index contributed by atoms with van der Waals surface area (Å²) in [4.78, 5) is 60.7. The molecule has 9 aliphatic heterocycles. The smallest absolute Gasteiger partial charge is 0.399 e. The Hall–Kier alpha value is -13.7. The minimum atomic E-state index is -0.443. The minimum absolute atomic E-state index is 0.375. The van der Waals surface area contributed by atoms with Crippen LogP contribution in [-0.4, -0.2) is 109 Å². The third kappa shape index (κ3) is 15.4. The van der Waals surface area contributed by atoms with E-state index in [1.54, 1.807) is 49.1 Å². The fourth-order valence-electron chi connectivity index (χ4n) is 21.9. The van der Waals surface area contributed by atoms with Gasteiger partial charge in [0.05, 0.1) is 142 Å². The number of pyridine rings is 8. The van der Waals surface area contributed by atoms with Crippen LogP contribution in [0.5, 0.6) is 0 Å². The Morgan fingerprint density at radius 3 is 1.01 bits per heavy atom. The summed E-state index contributed by atoms with van der Waals surface area (Å²) < 4.78 is 22.3. The molecule has 13 aliphatic rings. The van der Waals surface area contributed by atoms with Crippen molar-refractivity contribution < 1.29 is 18.9 Å². The SMILES string of the molecule is CC1(C)OB(c2ccc3nccc(C#N)c3c2)OC1(C)C.Cc1cccc(-c2nn3c(c2-c2ccc4nccc(C#N)c4c2)C2CCC3CC2)n1.Cc1cccc(-c2nn3c(c2-c2ccc4nccc(C(N)=O)c4c2)C2CCC3CC2)n1.Cc1cccc(-c2nn3c(c2-c2ccc4nccc(C(N)=O)c4c2)C2CCC3CC2)n1.Cc1cccc(-c2nn3c(c2Br)C2CCC3CC2)n1. The number of primary amides is 2. The zero-order chi connectivity index (χ0) is 90.7. The Kier molecular flexibility index (Phi) is 22.1. The molecule has 4 aliphatic carbocycles. The van der Waals surface area contributed by atoms with Crippen LogP contribution in [0.25, 0.3) is 123 Å². The highest BCUT2D eigenvalue weighted by Gasteiger charge is 2.52. The van der Waals surface area contributed by atoms with Crippen molar-refractivity contribution in [1.82, 2.24) is 79.0 Å². The van der Waals surface area contributed by atoms with E-state index in [1.165, 1.54) is 136 Å². The van der Waals surface area contributed by atoms with Crippen molar-refractivity contribution in [3.05, 3.63) is 267 Å². The molecule has 4 N–H and O–H groups in total. The van der Waals surface area contributed by atoms with Crippen LogP contribution < -0.4 is 16.9 Å². The molecule has 0 radical (unpaired) electrons. The van der Waals surface area contributed by atoms with Gasteiger partial charge in [-0.3, -0.25) is 68.2 Å². The van der Waals surface area contributed by atoms with Gasteiger partial charge in [0, 0.05) is 109 Å². The fraction of sp³-hybridized carbons (Fsp3) is 0.321. The summed E-state index contributed by atoms with van der Waals surface area (Å²) in [7, 11) is -0.425. The first-order valence-electron chi connectivity index (χ1n) is 46.2. The van der Waals surface area contributed by atoms with Crippen molar-refractivity contribution in [3.63, 3.8) is 0 Å². The molecule has 4 aromatic carbocycles. The maximum absolute atomic E-state index is 12.0. The molecule has 0 atom stereocenters. The van der Waals surface area contributed by atoms with Gasteiger partial charge in [-0.15, -0.1) is 0 Å². The van der Waals surface area contributed by atoms with E-state index >= 15 is 0 Å². The van der Waals surface area contributed by atoms with Gasteiger partial charge in [0.2, 0.25) is 11.8 Å². The van der Waals surface area contributed by atoms with Crippen LogP contribution in [0.2, 0.25) is 0 Å². The Balaban J connectivity index is 0.000000101. The average Bonchev–Trinajstić information content (AvgIpc) is 1.59. The van der Waals surface area contributed by atoms with E-state index in [4.69, 9.17) is 56.1 Å². The third-order valence-electron chi connectivity index (χ3n) is 29.1. The molecule has 24 nitrogen and oxygen atoms in total. The third-order valence-corrected chi connectivity index (χ3v) is 29.9. The van der Waals surface area contributed by atoms with Crippen molar-refractivity contribution in [1.29, 1.82) is 10.5 Å². The highest BCUT2D eigenvalue weighted by atomic mass is 79.9. The van der Waals surface area contributed by atoms with Crippen LogP contribution >= 0.6 is 15.9 Å². The van der Waals surface area contributed by atoms with Crippen molar-refractivity contribution >= 4 is 83.9 Å². The number of benzene rings is 4. The van der Waals surface area contributed by atoms with Gasteiger partial charge >= 0.3 is 7.12 Å². The molecular formula is C106H100BBrN20O4. The standard InChI is InChI=1S/2C25H23N5O.C25H21N5.C16H17BN2O2.C15H16BrN3/c2*1-14-3-2-4-21(28-14)23-22(24-15-5-8-17(9-6-15)30(24)29-23)16-7-10-20-19(13-16)18(25(26)31)11-12-27-20;1-15-3-2-4-22(28-15)24-23(25-16-5-8-19(9-6-16)30(25)29-24)17-7-10-21-20(13-17)18(14-26)11-12-27-21;1-15(2)16(3,4)21-17(20-15)12-5-6-14-13(9-12)11(10-18)7-8-19-14;1-9-3-2-4-12(17-9)14-13(16)15-10-5-7-11(8-6-10)19(15)18-14/h2*2-4,7,10-13,15,17H,5-6,8-9H2,1H3,(H2,26,31);2-4,7,10-13,16,19H,5-6,8-9H2,1H3;5-9H,1-4H3;2-4,10-11H,5-8H2,1H3. The van der Waals surface area contributed by atoms with Crippen LogP contribution in [-0.2, 0) is 9.31 Å². The molecule has 26 heteroatoms. The molecule has 0 unspecified atom stereocenters. The summed E-state index contributed by atoms with van der Waals surface area (Å²) in [6.45, 7) is 16.1. The summed E-state index contributed by atoms with van der Waals surface area (Å²) in [5.74, 6) is 1.35. The molecule has 12 aromatic heterocycles. The summed E-state index contributed by atoms with van der Waals surface area (Å²) in [6, 6.07) is 62.0. The normalized spacial score (nSPS) is 20.3. The molecule has 658 valence electrons. The number of fused-ring (bicyclic) bond motifs is 12. The molecular weight excluding hydrogens is 1710 g/mol. The number of carbonyl (C=O) groups excluding carboxylic acids is 2. The van der Waals surface area contributed by atoms with Gasteiger partial charge < -0.3 is 20.8 Å². The highest BCUT2D eigenvalue weighted by molar-refractivity contribution is 9.10. The number of rotatable bonds is 10. The van der Waals surface area contributed by atoms with E-state index in [-0.39, 0.29) is 11.2 Å². The number of aromatic nitrogens is 16. The Labute approximate surface area is 774 Å². The van der Waals surface area contributed by atoms with Crippen molar-refractivity contribution in [3.8, 4) is 91.1 Å². The number of hydrogen-bond acceptors (Lipinski definition) is 18. The van der Waals surface area contributed by atoms with Crippen LogP contribution in [0.3, 0.4) is 0 Å². The first-order chi connectivity index (χ1) is 64.0. The largest absolute Gasteiger partial charge is 0.494 e. The van der Waals surface area contributed by atoms with Gasteiger partial charge in [0.1, 0.15) is 22.8 Å². The van der Waals surface area contributed by atoms with E-state index in [9.17, 15) is 20.1 Å². The molecule has 4 saturated carbocycles. The first kappa shape index (κ1) is 85.1. The van der Waals surface area contributed by atoms with Gasteiger partial charge in [0.25, 0.3) is 0 Å². The summed E-state index contributed by atoms with van der Waals surface area (Å²) >= 11 is 3.78. The molecule has 132 heavy (non-hydrogen) atoms. The fourth-order valence-corrected chi connectivity index (χ4v) is 22.7. The number of nitrogens with zero attached hydrogens (tertiary/aromatic N) is 18. The number of amides is 2. The quantitative estimate of drug-likeness (QED) is 0.120. The number of nitrogens with two attached hydrogens (primary N) is 2. The topological polar surface area (TPSA) is 327 Å². The van der Waals surface area contributed by atoms with Crippen molar-refractivity contribution in [2.45, 2.75) is 217 Å². The van der Waals surface area contributed by atoms with Gasteiger partial charge in [-0.05, 0) is 311 Å². The van der Waals surface area contributed by atoms with Crippen LogP contribution in [0.15, 0.2) is 199 Å². The van der Waals surface area contributed by atoms with Gasteiger partial charge in [-0.1, -0.05) is 54.6 Å². The van der Waals surface area contributed by atoms with E-state index in [0.717, 1.165) is 145 Å². The molecule has 2 amide bonds. The molecule has 0 spiro atoms. The maximum Gasteiger partial charge on any atom is 0.494 e. The maximum atomic E-state index is 12.0. The monoisotopic (exact) mass is 1810 g/mol. The lowest BCUT2D eigenvalue weighted by atomic mass is 9.77. The molecule has 16 aromatic rings. The molecule has 8 bridgehead atoms. The number of nitriles is 2. The first-order valence-corrected chi connectivity index (χ1v) is 47.0. The second-order valence-corrected chi connectivity index (χ2v) is 38.6. The lowest BCUT2D eigenvalue weighted by molar-refractivity contribution is 0.00578. The lowest BCUT2D eigenvalue weighted by Crippen LogP contribution is -2.41. The lowest BCUT2D eigenvalue weighted by Gasteiger charge is -2.37. The summed E-state index contributed by atoms with van der Waals surface area (Å²) in [6.07, 6.45) is 26.2. The Morgan fingerprint density at radius 1 is 0.379 bits per heavy atom. The Morgan fingerprint density at radius 2 is 0.674 bits per heavy atom. The van der Waals surface area contributed by atoms with Crippen molar-refractivity contribution in [2.75, 3.05) is 0 Å². The number of hydrogen-bond donors (Lipinski definition) is 2. The summed E-state index contributed by atoms with van der Waals surface area (Å²) in [5.41, 5.74) is 40.3. The van der Waals surface area contributed by atoms with E-state index in [1.807, 2.05) is 165 Å². The predicted octanol–water partition coefficient (Wildman–Crippen LogP) is 21.7. The Bertz CT molecular complexity index is 7180. The van der Waals surface area contributed by atoms with E-state index in [0.29, 0.717) is 70.1 Å². The number of halogens is 1. The van der Waals surface area contributed by atoms with Gasteiger partial charge in [-0.25, -0.2) is 0 Å². The van der Waals surface area contributed by atoms with E-state index in [2.05, 4.69) is 108 Å². The number of carbonyl (C=O) groups is 2.